The number of hydrogen-bond donors (Lipinski definition) is 0. The lowest BCUT2D eigenvalue weighted by atomic mass is 10.7. The van der Waals surface area contributed by atoms with Gasteiger partial charge in [0.2, 0.25) is 0 Å². The second-order valence-electron chi connectivity index (χ2n) is 1.02. The average molecular weight is 182 g/mol. The summed E-state index contributed by atoms with van der Waals surface area (Å²) in [6.07, 6.45) is -0.544. The highest BCUT2D eigenvalue weighted by Crippen LogP contribution is 2.01. The number of halogens is 1. The molecule has 0 saturated heterocycles. The maximum Gasteiger partial charge on any atom is 0.199 e. The molecule has 44 valence electrons. The molecule has 0 aromatic carbocycles. The van der Waals surface area contributed by atoms with E-state index in [0.717, 1.165) is 0 Å². The van der Waals surface area contributed by atoms with E-state index in [-0.39, 0.29) is 4.73 Å². The maximum atomic E-state index is 7.35. The molecule has 0 atom stereocenters. The van der Waals surface area contributed by atoms with Gasteiger partial charge < -0.3 is 4.57 Å². The Hall–Kier alpha value is -0.380. The monoisotopic (exact) mass is 181 g/mol. The van der Waals surface area contributed by atoms with E-state index in [0.29, 0.717) is 4.57 Å². The maximum absolute atomic E-state index is 7.35. The third kappa shape index (κ3) is 0.888. The van der Waals surface area contributed by atoms with Crippen molar-refractivity contribution in [3.8, 4) is 0 Å². The largest absolute Gasteiger partial charge is 0.309 e. The van der Waals surface area contributed by atoms with Crippen LogP contribution >= 0.6 is 15.9 Å². The van der Waals surface area contributed by atoms with Crippen molar-refractivity contribution in [2.75, 3.05) is 0 Å². The number of hydrogen-bond acceptors (Lipinski definition) is 2. The first-order chi connectivity index (χ1) is 6.18. The summed E-state index contributed by atoms with van der Waals surface area (Å²) in [5.74, 6) is 0. The van der Waals surface area contributed by atoms with Crippen molar-refractivity contribution in [1.29, 1.82) is 0 Å². The molecule has 1 aromatic heterocycles. The van der Waals surface area contributed by atoms with Gasteiger partial charge in [-0.15, -0.1) is 10.2 Å². The molecule has 4 heteroatoms. The van der Waals surface area contributed by atoms with Gasteiger partial charge in [-0.2, -0.15) is 0 Å². The third-order valence-electron chi connectivity index (χ3n) is 0.574. The van der Waals surface area contributed by atoms with Crippen LogP contribution in [0.25, 0.3) is 0 Å². The molecule has 1 heterocycles. The quantitative estimate of drug-likeness (QED) is 0.650. The van der Waals surface area contributed by atoms with Gasteiger partial charge in [0.15, 0.2) is 4.73 Å². The van der Waals surface area contributed by atoms with Crippen LogP contribution in [-0.2, 0) is 6.50 Å². The predicted octanol–water partition coefficient (Wildman–Crippen LogP) is 1.06. The van der Waals surface area contributed by atoms with E-state index in [9.17, 15) is 0 Å². The van der Waals surface area contributed by atoms with Crippen LogP contribution in [0.15, 0.2) is 11.0 Å². The molecule has 8 heavy (non-hydrogen) atoms. The minimum Gasteiger partial charge on any atom is -0.309 e. The standard InChI is InChI=1S/C4H6BrN3/c1-2-8-3-6-7-4(8)5/h3H,2H2,1H3/i1D3,2D2,3D. The van der Waals surface area contributed by atoms with Gasteiger partial charge in [0.25, 0.3) is 0 Å². The Balaban J connectivity index is 3.29. The number of aromatic nitrogens is 3. The normalized spacial score (nSPS) is 24.1. The predicted molar refractivity (Wildman–Crippen MR) is 33.4 cm³/mol. The fraction of sp³-hybridized carbons (Fsp3) is 0.500. The van der Waals surface area contributed by atoms with E-state index in [2.05, 4.69) is 26.1 Å². The Morgan fingerprint density at radius 2 is 3.25 bits per heavy atom. The molecule has 0 saturated carbocycles. The zero-order valence-corrected chi connectivity index (χ0v) is 5.31. The van der Waals surface area contributed by atoms with Gasteiger partial charge in [0.05, 0.1) is 0 Å². The van der Waals surface area contributed by atoms with Gasteiger partial charge in [-0.1, -0.05) is 0 Å². The van der Waals surface area contributed by atoms with Crippen molar-refractivity contribution < 1.29 is 8.22 Å². The summed E-state index contributed by atoms with van der Waals surface area (Å²) in [7, 11) is 0. The first-order valence-corrected chi connectivity index (χ1v) is 2.55. The van der Waals surface area contributed by atoms with Gasteiger partial charge in [0, 0.05) is 13.4 Å². The van der Waals surface area contributed by atoms with Crippen molar-refractivity contribution in [3.05, 3.63) is 11.0 Å². The minimum absolute atomic E-state index is 0.122. The molecule has 3 nitrogen and oxygen atoms in total. The summed E-state index contributed by atoms with van der Waals surface area (Å²) in [6, 6.07) is 0. The lowest BCUT2D eigenvalue weighted by Crippen LogP contribution is -1.90. The molecule has 0 fully saturated rings. The van der Waals surface area contributed by atoms with E-state index >= 15 is 0 Å². The number of rotatable bonds is 1. The van der Waals surface area contributed by atoms with Crippen LogP contribution in [0.1, 0.15) is 15.1 Å². The zero-order valence-electron chi connectivity index (χ0n) is 9.72. The lowest BCUT2D eigenvalue weighted by molar-refractivity contribution is 0.739. The van der Waals surface area contributed by atoms with Crippen molar-refractivity contribution in [2.45, 2.75) is 13.3 Å². The highest BCUT2D eigenvalue weighted by Gasteiger charge is 1.92. The molecule has 0 aliphatic rings. The Morgan fingerprint density at radius 1 is 2.38 bits per heavy atom. The molecule has 0 N–H and O–H groups in total. The molecule has 0 unspecified atom stereocenters. The Morgan fingerprint density at radius 3 is 3.75 bits per heavy atom. The average Bonchev–Trinajstić information content (AvgIpc) is 2.28. The molecule has 0 amide bonds. The van der Waals surface area contributed by atoms with Crippen molar-refractivity contribution in [2.24, 2.45) is 0 Å². The van der Waals surface area contributed by atoms with E-state index in [4.69, 9.17) is 8.22 Å². The van der Waals surface area contributed by atoms with Gasteiger partial charge in [-0.25, -0.2) is 0 Å². The SMILES string of the molecule is [2H]c1nnc(Br)n1C([2H])([2H])C([2H])([2H])[2H]. The molecular weight excluding hydrogens is 170 g/mol. The van der Waals surface area contributed by atoms with Crippen LogP contribution in [-0.4, -0.2) is 14.8 Å². The molecule has 0 aliphatic carbocycles. The van der Waals surface area contributed by atoms with Crippen LogP contribution in [0.5, 0.6) is 0 Å². The summed E-state index contributed by atoms with van der Waals surface area (Å²) >= 11 is 2.82. The van der Waals surface area contributed by atoms with Gasteiger partial charge in [-0.3, -0.25) is 0 Å². The summed E-state index contributed by atoms with van der Waals surface area (Å²) in [5, 5.41) is 6.59. The van der Waals surface area contributed by atoms with Gasteiger partial charge >= 0.3 is 0 Å². The number of nitrogens with zero attached hydrogens (tertiary/aromatic N) is 3. The fourth-order valence-electron chi connectivity index (χ4n) is 0.265. The van der Waals surface area contributed by atoms with Gasteiger partial charge in [0.1, 0.15) is 7.67 Å². The van der Waals surface area contributed by atoms with Crippen LogP contribution in [0.2, 0.25) is 0 Å². The van der Waals surface area contributed by atoms with E-state index in [1.165, 1.54) is 0 Å². The molecule has 0 aliphatic heterocycles. The Bertz CT molecular complexity index is 324. The van der Waals surface area contributed by atoms with E-state index in [1.54, 1.807) is 0 Å². The highest BCUT2D eigenvalue weighted by molar-refractivity contribution is 9.10. The second kappa shape index (κ2) is 2.26. The smallest absolute Gasteiger partial charge is 0.199 e. The first kappa shape index (κ1) is 1.80. The zero-order chi connectivity index (χ0) is 11.1. The minimum atomic E-state index is -2.88. The summed E-state index contributed by atoms with van der Waals surface area (Å²) in [6.45, 7) is -5.58. The van der Waals surface area contributed by atoms with Crippen molar-refractivity contribution in [1.82, 2.24) is 14.8 Å². The summed E-state index contributed by atoms with van der Waals surface area (Å²) in [5.41, 5.74) is 0. The first-order valence-electron chi connectivity index (χ1n) is 4.76. The van der Waals surface area contributed by atoms with Gasteiger partial charge in [-0.05, 0) is 22.8 Å². The molecule has 0 spiro atoms. The Labute approximate surface area is 64.3 Å². The van der Waals surface area contributed by atoms with Crippen molar-refractivity contribution in [3.63, 3.8) is 0 Å². The third-order valence-corrected chi connectivity index (χ3v) is 1.09. The Kier molecular flexibility index (Phi) is 0.508. The lowest BCUT2D eigenvalue weighted by Gasteiger charge is -1.91. The fourth-order valence-corrected chi connectivity index (χ4v) is 0.513. The molecule has 1 rings (SSSR count). The van der Waals surface area contributed by atoms with Crippen LogP contribution < -0.4 is 0 Å². The highest BCUT2D eigenvalue weighted by atomic mass is 79.9. The van der Waals surface area contributed by atoms with E-state index < -0.39 is 19.7 Å². The molecule has 0 bridgehead atoms. The molecule has 0 radical (unpaired) electrons. The van der Waals surface area contributed by atoms with Crippen LogP contribution in [0.3, 0.4) is 0 Å². The van der Waals surface area contributed by atoms with Crippen LogP contribution in [0, 0.1) is 0 Å². The molecule has 1 aromatic rings. The topological polar surface area (TPSA) is 30.7 Å². The molecular formula is C4H6BrN3. The second-order valence-corrected chi connectivity index (χ2v) is 1.73. The van der Waals surface area contributed by atoms with Crippen LogP contribution in [0.4, 0.5) is 0 Å². The van der Waals surface area contributed by atoms with Crippen molar-refractivity contribution >= 4 is 15.9 Å². The van der Waals surface area contributed by atoms with E-state index in [1.807, 2.05) is 0 Å². The summed E-state index contributed by atoms with van der Waals surface area (Å²) in [4.78, 5) is 0. The summed E-state index contributed by atoms with van der Waals surface area (Å²) < 4.78 is 43.3.